The molecule has 1 N–H and O–H groups in total. The van der Waals surface area contributed by atoms with Crippen molar-refractivity contribution in [1.82, 2.24) is 20.3 Å². The molecule has 5 heteroatoms. The van der Waals surface area contributed by atoms with Crippen molar-refractivity contribution in [2.45, 2.75) is 98.8 Å². The Hall–Kier alpha value is -0.940. The predicted octanol–water partition coefficient (Wildman–Crippen LogP) is 4.73. The topological polar surface area (TPSA) is 52.0 Å². The fraction of sp³-hybridized carbons (Fsp3) is 0.905. The summed E-state index contributed by atoms with van der Waals surface area (Å²) in [5.41, 5.74) is 0.731. The summed E-state index contributed by atoms with van der Waals surface area (Å²) >= 11 is 0. The average Bonchev–Trinajstić information content (AvgIpc) is 2.95. The molecule has 0 spiro atoms. The van der Waals surface area contributed by atoms with Gasteiger partial charge in [0.1, 0.15) is 5.69 Å². The van der Waals surface area contributed by atoms with Crippen LogP contribution in [0.5, 0.6) is 0 Å². The van der Waals surface area contributed by atoms with Crippen molar-refractivity contribution >= 4 is 0 Å². The van der Waals surface area contributed by atoms with Crippen molar-refractivity contribution in [1.29, 1.82) is 0 Å². The van der Waals surface area contributed by atoms with Crippen molar-refractivity contribution in [2.24, 2.45) is 11.3 Å². The number of hydrogen-bond donors (Lipinski definition) is 1. The minimum Gasteiger partial charge on any atom is -0.376 e. The molecule has 0 aliphatic heterocycles. The zero-order chi connectivity index (χ0) is 20.4. The second-order valence-electron chi connectivity index (χ2n) is 10.5. The highest BCUT2D eigenvalue weighted by molar-refractivity contribution is 5.10. The van der Waals surface area contributed by atoms with Gasteiger partial charge in [-0.25, -0.2) is 4.68 Å². The monoisotopic (exact) mass is 366 g/mol. The van der Waals surface area contributed by atoms with Crippen LogP contribution in [0.2, 0.25) is 0 Å². The van der Waals surface area contributed by atoms with Crippen LogP contribution in [0.1, 0.15) is 87.8 Å². The molecule has 1 unspecified atom stereocenters. The van der Waals surface area contributed by atoms with E-state index in [0.29, 0.717) is 12.5 Å². The first-order valence-corrected chi connectivity index (χ1v) is 9.89. The van der Waals surface area contributed by atoms with Crippen LogP contribution in [-0.4, -0.2) is 34.2 Å². The third-order valence-corrected chi connectivity index (χ3v) is 5.82. The maximum atomic E-state index is 5.92. The van der Waals surface area contributed by atoms with Crippen LogP contribution >= 0.6 is 0 Å². The molecule has 5 nitrogen and oxygen atoms in total. The van der Waals surface area contributed by atoms with E-state index in [4.69, 9.17) is 4.74 Å². The summed E-state index contributed by atoms with van der Waals surface area (Å²) in [6, 6.07) is 0. The molecular weight excluding hydrogens is 324 g/mol. The Balaban J connectivity index is 2.95. The molecule has 0 saturated heterocycles. The van der Waals surface area contributed by atoms with Crippen molar-refractivity contribution in [3.63, 3.8) is 0 Å². The molecule has 0 fully saturated rings. The lowest BCUT2D eigenvalue weighted by Crippen LogP contribution is -2.39. The first-order valence-electron chi connectivity index (χ1n) is 9.89. The van der Waals surface area contributed by atoms with Gasteiger partial charge in [0.2, 0.25) is 0 Å². The van der Waals surface area contributed by atoms with Gasteiger partial charge < -0.3 is 10.1 Å². The minimum absolute atomic E-state index is 0.0877. The number of ether oxygens (including phenoxy) is 1. The number of nitrogens with zero attached hydrogens (tertiary/aromatic N) is 3. The molecule has 1 heterocycles. The summed E-state index contributed by atoms with van der Waals surface area (Å²) in [5, 5.41) is 12.4. The third-order valence-electron chi connectivity index (χ3n) is 5.82. The predicted molar refractivity (Wildman–Crippen MR) is 109 cm³/mol. The number of rotatable bonds is 9. The second kappa shape index (κ2) is 7.97. The Bertz CT molecular complexity index is 569. The summed E-state index contributed by atoms with van der Waals surface area (Å²) in [5.74, 6) is 0.613. The molecule has 1 aromatic heterocycles. The number of hydrogen-bond acceptors (Lipinski definition) is 4. The summed E-state index contributed by atoms with van der Waals surface area (Å²) in [4.78, 5) is 0. The van der Waals surface area contributed by atoms with E-state index in [1.54, 1.807) is 0 Å². The Morgan fingerprint density at radius 1 is 1.08 bits per heavy atom. The van der Waals surface area contributed by atoms with Crippen molar-refractivity contribution in [3.05, 3.63) is 11.9 Å². The zero-order valence-corrected chi connectivity index (χ0v) is 19.0. The van der Waals surface area contributed by atoms with E-state index in [1.807, 2.05) is 11.7 Å². The highest BCUT2D eigenvalue weighted by Gasteiger charge is 2.35. The summed E-state index contributed by atoms with van der Waals surface area (Å²) < 4.78 is 7.95. The molecule has 0 bridgehead atoms. The van der Waals surface area contributed by atoms with Crippen LogP contribution in [0.3, 0.4) is 0 Å². The van der Waals surface area contributed by atoms with Gasteiger partial charge in [0, 0.05) is 6.61 Å². The summed E-state index contributed by atoms with van der Waals surface area (Å²) in [6.07, 6.45) is 3.99. The average molecular weight is 367 g/mol. The van der Waals surface area contributed by atoms with Crippen LogP contribution in [-0.2, 0) is 15.8 Å². The molecule has 0 saturated carbocycles. The number of aromatic nitrogens is 3. The normalized spacial score (nSPS) is 16.2. The minimum atomic E-state index is -0.257. The quantitative estimate of drug-likeness (QED) is 0.687. The van der Waals surface area contributed by atoms with Crippen LogP contribution in [0.15, 0.2) is 6.20 Å². The van der Waals surface area contributed by atoms with Gasteiger partial charge in [-0.3, -0.25) is 0 Å². The number of nitrogens with one attached hydrogen (secondary N) is 1. The largest absolute Gasteiger partial charge is 0.376 e. The van der Waals surface area contributed by atoms with E-state index < -0.39 is 0 Å². The zero-order valence-electron chi connectivity index (χ0n) is 19.0. The van der Waals surface area contributed by atoms with Crippen molar-refractivity contribution in [2.75, 3.05) is 13.7 Å². The van der Waals surface area contributed by atoms with Gasteiger partial charge in [-0.15, -0.1) is 5.10 Å². The summed E-state index contributed by atoms with van der Waals surface area (Å²) in [6.45, 7) is 22.8. The molecular formula is C21H42N4O. The van der Waals surface area contributed by atoms with E-state index in [9.17, 15) is 0 Å². The Labute approximate surface area is 161 Å². The lowest BCUT2D eigenvalue weighted by molar-refractivity contribution is -0.0128. The van der Waals surface area contributed by atoms with E-state index in [1.165, 1.54) is 0 Å². The molecule has 1 aromatic rings. The lowest BCUT2D eigenvalue weighted by Gasteiger charge is -2.37. The van der Waals surface area contributed by atoms with E-state index in [0.717, 1.165) is 18.5 Å². The van der Waals surface area contributed by atoms with Crippen molar-refractivity contribution < 1.29 is 4.74 Å². The molecule has 26 heavy (non-hydrogen) atoms. The Kier molecular flexibility index (Phi) is 7.08. The van der Waals surface area contributed by atoms with Gasteiger partial charge in [0.05, 0.1) is 22.9 Å². The molecule has 0 amide bonds. The standard InChI is InChI=1S/C21H42N4O/c1-16(2)19(6,7)15-20(8,9)25-14-17(23-24-25)21(10,22-11)12-13-26-18(3,4)5/h14,16,22H,12-13,15H2,1-11H3. The van der Waals surface area contributed by atoms with Gasteiger partial charge in [0.25, 0.3) is 0 Å². The molecule has 152 valence electrons. The van der Waals surface area contributed by atoms with Crippen LogP contribution < -0.4 is 5.32 Å². The van der Waals surface area contributed by atoms with Gasteiger partial charge in [-0.1, -0.05) is 32.9 Å². The summed E-state index contributed by atoms with van der Waals surface area (Å²) in [7, 11) is 1.98. The maximum Gasteiger partial charge on any atom is 0.103 e. The van der Waals surface area contributed by atoms with Gasteiger partial charge in [0.15, 0.2) is 0 Å². The van der Waals surface area contributed by atoms with E-state index in [-0.39, 0.29) is 22.1 Å². The Morgan fingerprint density at radius 3 is 2.12 bits per heavy atom. The van der Waals surface area contributed by atoms with E-state index >= 15 is 0 Å². The van der Waals surface area contributed by atoms with E-state index in [2.05, 4.69) is 91.1 Å². The molecule has 0 radical (unpaired) electrons. The first-order chi connectivity index (χ1) is 11.6. The van der Waals surface area contributed by atoms with Gasteiger partial charge >= 0.3 is 0 Å². The van der Waals surface area contributed by atoms with Gasteiger partial charge in [-0.05, 0) is 72.8 Å². The molecule has 1 rings (SSSR count). The maximum absolute atomic E-state index is 5.92. The molecule has 0 aliphatic rings. The molecule has 0 aliphatic carbocycles. The molecule has 1 atom stereocenters. The van der Waals surface area contributed by atoms with Crippen LogP contribution in [0.25, 0.3) is 0 Å². The molecule has 0 aromatic carbocycles. The van der Waals surface area contributed by atoms with Crippen LogP contribution in [0.4, 0.5) is 0 Å². The fourth-order valence-corrected chi connectivity index (χ4v) is 3.16. The highest BCUT2D eigenvalue weighted by Crippen LogP contribution is 2.38. The Morgan fingerprint density at radius 2 is 1.65 bits per heavy atom. The SMILES string of the molecule is CNC(C)(CCOC(C)(C)C)c1cn(C(C)(C)CC(C)(C)C(C)C)nn1. The highest BCUT2D eigenvalue weighted by atomic mass is 16.5. The van der Waals surface area contributed by atoms with Crippen LogP contribution in [0, 0.1) is 11.3 Å². The van der Waals surface area contributed by atoms with Crippen molar-refractivity contribution in [3.8, 4) is 0 Å². The third kappa shape index (κ3) is 6.05. The first kappa shape index (κ1) is 23.1. The second-order valence-corrected chi connectivity index (χ2v) is 10.5. The smallest absolute Gasteiger partial charge is 0.103 e. The lowest BCUT2D eigenvalue weighted by atomic mass is 9.72. The van der Waals surface area contributed by atoms with Gasteiger partial charge in [-0.2, -0.15) is 0 Å². The fourth-order valence-electron chi connectivity index (χ4n) is 3.16.